The summed E-state index contributed by atoms with van der Waals surface area (Å²) in [5, 5.41) is 4.92. The van der Waals surface area contributed by atoms with Gasteiger partial charge in [0.2, 0.25) is 0 Å². The lowest BCUT2D eigenvalue weighted by Crippen LogP contribution is -2.28. The van der Waals surface area contributed by atoms with E-state index in [1.807, 2.05) is 11.3 Å². The van der Waals surface area contributed by atoms with E-state index in [-0.39, 0.29) is 0 Å². The third-order valence-electron chi connectivity index (χ3n) is 3.24. The number of nitrogens with zero attached hydrogens (tertiary/aromatic N) is 1. The van der Waals surface area contributed by atoms with Crippen LogP contribution < -0.4 is 5.32 Å². The summed E-state index contributed by atoms with van der Waals surface area (Å²) in [6, 6.07) is 1.01. The Balaban J connectivity index is 1.95. The summed E-state index contributed by atoms with van der Waals surface area (Å²) < 4.78 is 0. The largest absolute Gasteiger partial charge is 0.306 e. The van der Waals surface area contributed by atoms with Gasteiger partial charge in [-0.25, -0.2) is 4.98 Å². The Morgan fingerprint density at radius 2 is 2.19 bits per heavy atom. The van der Waals surface area contributed by atoms with Crippen LogP contribution in [-0.4, -0.2) is 11.0 Å². The van der Waals surface area contributed by atoms with Crippen LogP contribution in [0.5, 0.6) is 0 Å². The minimum atomic E-state index is 0.414. The third kappa shape index (κ3) is 2.64. The maximum absolute atomic E-state index is 4.76. The highest BCUT2D eigenvalue weighted by Crippen LogP contribution is 2.30. The fraction of sp³-hybridized carbons (Fsp3) is 0.769. The Bertz CT molecular complexity index is 324. The molecule has 0 saturated carbocycles. The van der Waals surface area contributed by atoms with Crippen LogP contribution in [0.1, 0.15) is 61.7 Å². The molecule has 2 nitrogen and oxygen atoms in total. The van der Waals surface area contributed by atoms with E-state index in [9.17, 15) is 0 Å². The predicted molar refractivity (Wildman–Crippen MR) is 70.1 cm³/mol. The number of hydrogen-bond donors (Lipinski definition) is 1. The van der Waals surface area contributed by atoms with Gasteiger partial charge in [-0.2, -0.15) is 0 Å². The fourth-order valence-electron chi connectivity index (χ4n) is 2.41. The molecule has 2 atom stereocenters. The molecule has 0 spiro atoms. The van der Waals surface area contributed by atoms with Crippen molar-refractivity contribution in [1.82, 2.24) is 10.3 Å². The second-order valence-corrected chi connectivity index (χ2v) is 5.97. The van der Waals surface area contributed by atoms with Crippen LogP contribution in [0.3, 0.4) is 0 Å². The topological polar surface area (TPSA) is 24.9 Å². The van der Waals surface area contributed by atoms with Crippen molar-refractivity contribution in [3.05, 3.63) is 15.6 Å². The maximum atomic E-state index is 4.76. The van der Waals surface area contributed by atoms with E-state index in [4.69, 9.17) is 4.98 Å². The maximum Gasteiger partial charge on any atom is 0.110 e. The number of rotatable bonds is 5. The van der Waals surface area contributed by atoms with Crippen molar-refractivity contribution in [3.63, 3.8) is 0 Å². The Morgan fingerprint density at radius 1 is 1.38 bits per heavy atom. The highest BCUT2D eigenvalue weighted by atomic mass is 32.1. The van der Waals surface area contributed by atoms with Gasteiger partial charge >= 0.3 is 0 Å². The molecule has 0 radical (unpaired) electrons. The van der Waals surface area contributed by atoms with Gasteiger partial charge in [-0.05, 0) is 39.5 Å². The fourth-order valence-corrected chi connectivity index (χ4v) is 3.58. The molecule has 1 aliphatic carbocycles. The molecule has 90 valence electrons. The van der Waals surface area contributed by atoms with Gasteiger partial charge in [-0.15, -0.1) is 11.3 Å². The molecule has 1 aliphatic rings. The van der Waals surface area contributed by atoms with Crippen LogP contribution in [0.15, 0.2) is 0 Å². The summed E-state index contributed by atoms with van der Waals surface area (Å²) in [5.41, 5.74) is 1.37. The summed E-state index contributed by atoms with van der Waals surface area (Å²) in [5.74, 6) is 0. The van der Waals surface area contributed by atoms with Gasteiger partial charge in [-0.1, -0.05) is 13.3 Å². The van der Waals surface area contributed by atoms with Crippen LogP contribution in [0.2, 0.25) is 0 Å². The van der Waals surface area contributed by atoms with Crippen molar-refractivity contribution < 1.29 is 0 Å². The number of aryl methyl sites for hydroxylation is 2. The average molecular weight is 238 g/mol. The van der Waals surface area contributed by atoms with Crippen LogP contribution in [-0.2, 0) is 12.8 Å². The minimum absolute atomic E-state index is 0.414. The van der Waals surface area contributed by atoms with E-state index >= 15 is 0 Å². The average Bonchev–Trinajstić information content (AvgIpc) is 2.76. The van der Waals surface area contributed by atoms with Crippen LogP contribution in [0, 0.1) is 0 Å². The number of hydrogen-bond acceptors (Lipinski definition) is 3. The van der Waals surface area contributed by atoms with E-state index < -0.39 is 0 Å². The quantitative estimate of drug-likeness (QED) is 0.849. The molecule has 0 aromatic carbocycles. The van der Waals surface area contributed by atoms with Crippen molar-refractivity contribution in [1.29, 1.82) is 0 Å². The smallest absolute Gasteiger partial charge is 0.110 e. The van der Waals surface area contributed by atoms with Gasteiger partial charge < -0.3 is 5.32 Å². The van der Waals surface area contributed by atoms with Crippen molar-refractivity contribution in [2.45, 2.75) is 65.0 Å². The van der Waals surface area contributed by atoms with Crippen molar-refractivity contribution >= 4 is 11.3 Å². The molecule has 0 fully saturated rings. The first-order chi connectivity index (χ1) is 7.70. The minimum Gasteiger partial charge on any atom is -0.306 e. The molecular formula is C13H22N2S. The number of nitrogens with one attached hydrogen (secondary N) is 1. The Labute approximate surface area is 102 Å². The summed E-state index contributed by atoms with van der Waals surface area (Å²) in [7, 11) is 0. The second-order valence-electron chi connectivity index (χ2n) is 4.85. The molecule has 1 heterocycles. The van der Waals surface area contributed by atoms with Gasteiger partial charge in [0.05, 0.1) is 11.7 Å². The summed E-state index contributed by atoms with van der Waals surface area (Å²) in [4.78, 5) is 6.29. The standard InChI is InChI=1S/C13H22N2S/c1-4-6-9(2)14-10(3)13-15-11-7-5-8-12(11)16-13/h9-10,14H,4-8H2,1-3H3. The van der Waals surface area contributed by atoms with Crippen LogP contribution in [0.25, 0.3) is 0 Å². The monoisotopic (exact) mass is 238 g/mol. The molecular weight excluding hydrogens is 216 g/mol. The first kappa shape index (κ1) is 12.1. The number of fused-ring (bicyclic) bond motifs is 1. The number of thiazole rings is 1. The molecule has 1 aromatic rings. The lowest BCUT2D eigenvalue weighted by molar-refractivity contribution is 0.451. The van der Waals surface area contributed by atoms with Gasteiger partial charge in [0.25, 0.3) is 0 Å². The molecule has 2 unspecified atom stereocenters. The third-order valence-corrected chi connectivity index (χ3v) is 4.58. The van der Waals surface area contributed by atoms with E-state index in [1.165, 1.54) is 47.7 Å². The second kappa shape index (κ2) is 5.28. The van der Waals surface area contributed by atoms with Gasteiger partial charge in [0, 0.05) is 10.9 Å². The highest BCUT2D eigenvalue weighted by molar-refractivity contribution is 7.11. The zero-order chi connectivity index (χ0) is 11.5. The highest BCUT2D eigenvalue weighted by Gasteiger charge is 2.20. The predicted octanol–water partition coefficient (Wildman–Crippen LogP) is 3.47. The van der Waals surface area contributed by atoms with Crippen molar-refractivity contribution in [2.75, 3.05) is 0 Å². The molecule has 0 saturated heterocycles. The van der Waals surface area contributed by atoms with Crippen LogP contribution in [0.4, 0.5) is 0 Å². The molecule has 0 aliphatic heterocycles. The Hall–Kier alpha value is -0.410. The summed E-state index contributed by atoms with van der Waals surface area (Å²) in [6.45, 7) is 6.74. The molecule has 16 heavy (non-hydrogen) atoms. The normalized spacial score (nSPS) is 18.4. The van der Waals surface area contributed by atoms with E-state index in [2.05, 4.69) is 26.1 Å². The molecule has 0 amide bonds. The van der Waals surface area contributed by atoms with E-state index in [0.717, 1.165) is 0 Å². The number of aromatic nitrogens is 1. The Morgan fingerprint density at radius 3 is 2.88 bits per heavy atom. The van der Waals surface area contributed by atoms with Crippen LogP contribution >= 0.6 is 11.3 Å². The molecule has 2 rings (SSSR count). The lowest BCUT2D eigenvalue weighted by atomic mass is 10.2. The first-order valence-electron chi connectivity index (χ1n) is 6.45. The van der Waals surface area contributed by atoms with E-state index in [1.54, 1.807) is 0 Å². The van der Waals surface area contributed by atoms with Crippen molar-refractivity contribution in [2.24, 2.45) is 0 Å². The molecule has 1 aromatic heterocycles. The van der Waals surface area contributed by atoms with Gasteiger partial charge in [0.15, 0.2) is 0 Å². The van der Waals surface area contributed by atoms with E-state index in [0.29, 0.717) is 12.1 Å². The summed E-state index contributed by atoms with van der Waals surface area (Å²) >= 11 is 1.92. The molecule has 3 heteroatoms. The van der Waals surface area contributed by atoms with Gasteiger partial charge in [0.1, 0.15) is 5.01 Å². The first-order valence-corrected chi connectivity index (χ1v) is 7.27. The SMILES string of the molecule is CCCC(C)NC(C)c1nc2c(s1)CCC2. The lowest BCUT2D eigenvalue weighted by Gasteiger charge is -2.17. The van der Waals surface area contributed by atoms with Crippen molar-refractivity contribution in [3.8, 4) is 0 Å². The molecule has 0 bridgehead atoms. The summed E-state index contributed by atoms with van der Waals surface area (Å²) in [6.07, 6.45) is 6.25. The van der Waals surface area contributed by atoms with Gasteiger partial charge in [-0.3, -0.25) is 0 Å². The zero-order valence-corrected chi connectivity index (χ0v) is 11.4. The molecule has 1 N–H and O–H groups in total. The zero-order valence-electron chi connectivity index (χ0n) is 10.5. The Kier molecular flexibility index (Phi) is 3.98.